The zero-order valence-electron chi connectivity index (χ0n) is 33.4. The molecule has 0 unspecified atom stereocenters. The molecule has 0 atom stereocenters. The number of anilines is 1. The van der Waals surface area contributed by atoms with Gasteiger partial charge in [-0.2, -0.15) is 18.4 Å². The van der Waals surface area contributed by atoms with Crippen molar-refractivity contribution in [1.82, 2.24) is 34.4 Å². The normalized spacial score (nSPS) is 12.7. The van der Waals surface area contributed by atoms with Crippen LogP contribution in [-0.2, 0) is 51.8 Å². The van der Waals surface area contributed by atoms with Gasteiger partial charge in [0.15, 0.2) is 14.9 Å². The van der Waals surface area contributed by atoms with Gasteiger partial charge in [-0.3, -0.25) is 34.3 Å². The van der Waals surface area contributed by atoms with Crippen LogP contribution in [0.25, 0.3) is 0 Å². The molecule has 2 amide bonds. The number of nitrogens with one attached hydrogen (secondary N) is 3. The molecule has 0 saturated heterocycles. The van der Waals surface area contributed by atoms with Crippen LogP contribution in [0, 0.1) is 5.82 Å². The summed E-state index contributed by atoms with van der Waals surface area (Å²) in [5.41, 5.74) is 0.0829. The van der Waals surface area contributed by atoms with Gasteiger partial charge in [-0.1, -0.05) is 18.5 Å². The Morgan fingerprint density at radius 2 is 1.68 bits per heavy atom. The van der Waals surface area contributed by atoms with Crippen molar-refractivity contribution in [3.05, 3.63) is 61.8 Å². The molecule has 0 saturated carbocycles. The van der Waals surface area contributed by atoms with Crippen molar-refractivity contribution in [3.63, 3.8) is 0 Å². The first-order valence-electron chi connectivity index (χ1n) is 17.5. The van der Waals surface area contributed by atoms with E-state index in [9.17, 15) is 45.0 Å². The number of thioether (sulfide) groups is 1. The number of halogens is 2. The lowest BCUT2D eigenvalue weighted by Gasteiger charge is -2.15. The van der Waals surface area contributed by atoms with Gasteiger partial charge in [-0.05, 0) is 48.4 Å². The Hall–Kier alpha value is -5.00. The quantitative estimate of drug-likeness (QED) is 0.0561. The van der Waals surface area contributed by atoms with Crippen LogP contribution in [0.15, 0.2) is 61.1 Å². The Bertz CT molecular complexity index is 2670. The first kappa shape index (κ1) is 52.3. The predicted molar refractivity (Wildman–Crippen MR) is 224 cm³/mol. The summed E-state index contributed by atoms with van der Waals surface area (Å²) in [6.07, 6.45) is 2.39. The maximum Gasteiger partial charge on any atom is 0.339 e. The fraction of sp³-hybridized carbons (Fsp3) is 0.375. The number of sulfone groups is 1. The first-order valence-corrected chi connectivity index (χ1v) is 24.6. The van der Waals surface area contributed by atoms with E-state index in [1.807, 2.05) is 0 Å². The number of carbonyl (C=O) groups excluding carboxylic acids is 2. The fourth-order valence-corrected chi connectivity index (χ4v) is 9.62. The zero-order chi connectivity index (χ0) is 47.1. The highest BCUT2D eigenvalue weighted by Gasteiger charge is 2.29. The minimum absolute atomic E-state index is 0.0605. The second kappa shape index (κ2) is 23.6. The number of sulfonamides is 1. The summed E-state index contributed by atoms with van der Waals surface area (Å²) in [6.45, 7) is 2.24. The van der Waals surface area contributed by atoms with Crippen molar-refractivity contribution < 1.29 is 69.3 Å². The van der Waals surface area contributed by atoms with Crippen LogP contribution >= 0.6 is 42.3 Å². The SMILES string of the molecule is CCS(=O)(=O)c1cccnc1S(=O)(=O)NC(=O)Nc1nc(OC)cc(OC)n1.COC(=O)CSc1cc(/N=c2\sc(=O)n3n2CCCC3)c(F)cc1Cl.O=C(O)CNCP(=O)(O)O. The van der Waals surface area contributed by atoms with Gasteiger partial charge >= 0.3 is 30.4 Å². The number of ether oxygens (including phenoxy) is 3. The fourth-order valence-electron chi connectivity index (χ4n) is 4.68. The molecule has 0 fully saturated rings. The standard InChI is InChI=1S/C15H15ClFN3O3S2.C14H17N5O7S2.C3H8NO5P/c1-23-13(21)8-24-12-7-11(10(17)6-9(12)16)18-14-19-4-2-3-5-20(19)15(22)25-14;1-4-27(21,22)9-6-5-7-15-12(9)28(23,24)19-14(20)18-13-16-10(25-2)8-11(17-13)26-3;5-3(6)1-4-2-10(7,8)9/h6-7H,2-5,8H2,1H3;5-8H,4H2,1-3H3,(H2,16,17,18,19,20);4H,1-2H2,(H,5,6)(H2,7,8,9)/b18-14-;;. The Kier molecular flexibility index (Phi) is 19.6. The molecule has 63 heavy (non-hydrogen) atoms. The molecule has 346 valence electrons. The summed E-state index contributed by atoms with van der Waals surface area (Å²) in [5.74, 6) is -2.59. The number of hydrogen-bond acceptors (Lipinski definition) is 19. The van der Waals surface area contributed by atoms with Crippen LogP contribution < -0.4 is 34.5 Å². The summed E-state index contributed by atoms with van der Waals surface area (Å²) in [6, 6.07) is 5.12. The molecule has 0 bridgehead atoms. The highest BCUT2D eigenvalue weighted by molar-refractivity contribution is 8.00. The number of carboxylic acid groups (broad SMARTS) is 1. The smallest absolute Gasteiger partial charge is 0.339 e. The van der Waals surface area contributed by atoms with Crippen LogP contribution in [0.1, 0.15) is 19.8 Å². The Morgan fingerprint density at radius 3 is 2.25 bits per heavy atom. The zero-order valence-corrected chi connectivity index (χ0v) is 38.3. The second-order valence-corrected chi connectivity index (χ2v) is 19.8. The van der Waals surface area contributed by atoms with E-state index >= 15 is 0 Å². The molecule has 1 aliphatic heterocycles. The Labute approximate surface area is 371 Å². The monoisotopic (exact) mass is 1000 g/mol. The number of aliphatic carboxylic acids is 1. The number of carboxylic acids is 1. The number of methoxy groups -OCH3 is 3. The van der Waals surface area contributed by atoms with E-state index in [0.717, 1.165) is 54.3 Å². The number of esters is 1. The van der Waals surface area contributed by atoms with Crippen LogP contribution in [-0.4, -0.2) is 120 Å². The molecular formula is C32H40ClFN9O15PS4. The number of pyridine rings is 1. The molecule has 24 nitrogen and oxygen atoms in total. The highest BCUT2D eigenvalue weighted by Crippen LogP contribution is 2.33. The van der Waals surface area contributed by atoms with Crippen molar-refractivity contribution >= 4 is 91.8 Å². The molecule has 5 rings (SSSR count). The van der Waals surface area contributed by atoms with E-state index in [1.54, 1.807) is 14.1 Å². The summed E-state index contributed by atoms with van der Waals surface area (Å²) >= 11 is 8.17. The largest absolute Gasteiger partial charge is 0.481 e. The number of nitrogens with zero attached hydrogens (tertiary/aromatic N) is 6. The number of hydrogen-bond donors (Lipinski definition) is 6. The lowest BCUT2D eigenvalue weighted by molar-refractivity contribution is -0.137. The molecule has 0 radical (unpaired) electrons. The topological polar surface area (TPSA) is 339 Å². The van der Waals surface area contributed by atoms with E-state index in [-0.39, 0.29) is 44.8 Å². The third-order valence-electron chi connectivity index (χ3n) is 7.53. The van der Waals surface area contributed by atoms with Crippen molar-refractivity contribution in [2.24, 2.45) is 4.99 Å². The third kappa shape index (κ3) is 16.3. The lowest BCUT2D eigenvalue weighted by atomic mass is 10.3. The van der Waals surface area contributed by atoms with E-state index in [0.29, 0.717) is 22.8 Å². The van der Waals surface area contributed by atoms with Crippen LogP contribution in [0.4, 0.5) is 20.8 Å². The molecular weight excluding hydrogens is 964 g/mol. The van der Waals surface area contributed by atoms with E-state index in [1.165, 1.54) is 46.5 Å². The molecule has 4 aromatic rings. The number of benzene rings is 1. The minimum Gasteiger partial charge on any atom is -0.481 e. The molecule has 4 heterocycles. The van der Waals surface area contributed by atoms with Gasteiger partial charge in [0.1, 0.15) is 16.4 Å². The van der Waals surface area contributed by atoms with Gasteiger partial charge in [-0.25, -0.2) is 37.0 Å². The van der Waals surface area contributed by atoms with E-state index in [4.69, 9.17) is 36.0 Å². The maximum absolute atomic E-state index is 14.3. The van der Waals surface area contributed by atoms with Gasteiger partial charge in [0.25, 0.3) is 10.0 Å². The predicted octanol–water partition coefficient (Wildman–Crippen LogP) is 1.78. The van der Waals surface area contributed by atoms with Crippen LogP contribution in [0.2, 0.25) is 5.02 Å². The van der Waals surface area contributed by atoms with Crippen molar-refractivity contribution in [2.75, 3.05) is 51.0 Å². The number of amides is 2. The summed E-state index contributed by atoms with van der Waals surface area (Å²) in [7, 11) is -8.65. The Balaban J connectivity index is 0.000000278. The summed E-state index contributed by atoms with van der Waals surface area (Å²) in [4.78, 5) is 77.5. The van der Waals surface area contributed by atoms with Crippen LogP contribution in [0.5, 0.6) is 11.8 Å². The second-order valence-electron chi connectivity index (χ2n) is 12.0. The number of carbonyl (C=O) groups is 3. The lowest BCUT2D eigenvalue weighted by Crippen LogP contribution is -2.36. The number of urea groups is 1. The van der Waals surface area contributed by atoms with Crippen molar-refractivity contribution in [2.45, 2.75) is 47.7 Å². The average Bonchev–Trinajstić information content (AvgIpc) is 3.54. The molecule has 6 N–H and O–H groups in total. The third-order valence-corrected chi connectivity index (χ3v) is 13.7. The van der Waals surface area contributed by atoms with Gasteiger partial charge < -0.3 is 29.1 Å². The molecule has 31 heteroatoms. The summed E-state index contributed by atoms with van der Waals surface area (Å²) < 4.78 is 93.0. The van der Waals surface area contributed by atoms with Crippen molar-refractivity contribution in [3.8, 4) is 11.8 Å². The molecule has 1 aliphatic rings. The number of rotatable bonds is 15. The molecule has 0 aliphatic carbocycles. The van der Waals surface area contributed by atoms with Gasteiger partial charge in [0.2, 0.25) is 22.5 Å². The molecule has 3 aromatic heterocycles. The number of aromatic nitrogens is 5. The Morgan fingerprint density at radius 1 is 1.05 bits per heavy atom. The van der Waals surface area contributed by atoms with Gasteiger partial charge in [0, 0.05) is 24.2 Å². The highest BCUT2D eigenvalue weighted by atomic mass is 35.5. The molecule has 1 aromatic carbocycles. The maximum atomic E-state index is 14.3. The average molecular weight is 1000 g/mol. The minimum atomic E-state index is -4.61. The van der Waals surface area contributed by atoms with Crippen molar-refractivity contribution in [1.29, 1.82) is 0 Å². The van der Waals surface area contributed by atoms with Crippen LogP contribution in [0.3, 0.4) is 0 Å². The number of fused-ring (bicyclic) bond motifs is 1. The van der Waals surface area contributed by atoms with E-state index < -0.39 is 74.0 Å². The van der Waals surface area contributed by atoms with E-state index in [2.05, 4.69) is 35.3 Å². The summed E-state index contributed by atoms with van der Waals surface area (Å²) in [5, 5.41) is 11.6. The molecule has 0 spiro atoms. The van der Waals surface area contributed by atoms with Gasteiger partial charge in [0.05, 0.1) is 56.8 Å². The van der Waals surface area contributed by atoms with Gasteiger partial charge in [-0.15, -0.1) is 11.8 Å². The first-order chi connectivity index (χ1) is 29.5.